The minimum atomic E-state index is 1.25. The van der Waals surface area contributed by atoms with E-state index in [0.29, 0.717) is 0 Å². The Morgan fingerprint density at radius 1 is 0.128 bits per heavy atom. The molecule has 16 aromatic rings. The van der Waals surface area contributed by atoms with Crippen LogP contribution in [0.4, 0.5) is 0 Å². The van der Waals surface area contributed by atoms with E-state index in [0.717, 1.165) is 0 Å². The van der Waals surface area contributed by atoms with Crippen molar-refractivity contribution in [2.24, 2.45) is 0 Å². The minimum absolute atomic E-state index is 1.25. The van der Waals surface area contributed by atoms with Gasteiger partial charge in [0.05, 0.1) is 0 Å². The SMILES string of the molecule is CC.CC.CC.CC.CC.CC.CC.CC.CC.CCC.CCC.CCC.c1ccc(-c2ccc3c(-c4ccccc4)cccc3c2)cc1.c1ccc2c(-c3cccc4c(-c5cccc6ccccc56)cccc34)cccc2c1.c1ccc2cc(-c3cccc4c(-c5ccc6ccccc6c5)cccc34)ccc2c1. The molecule has 0 aliphatic carbocycles. The van der Waals surface area contributed by atoms with E-state index in [4.69, 9.17) is 0 Å². The molecule has 0 aromatic heterocycles. The first kappa shape index (κ1) is 94.4. The summed E-state index contributed by atoms with van der Waals surface area (Å²) in [5.74, 6) is 0. The average molecular weight is 1440 g/mol. The number of fused-ring (bicyclic) bond motifs is 7. The van der Waals surface area contributed by atoms with Crippen molar-refractivity contribution in [1.29, 1.82) is 0 Å². The van der Waals surface area contributed by atoms with Gasteiger partial charge in [0.1, 0.15) is 0 Å². The standard InChI is InChI=1S/2C30H20.C22H16.3C3H8.9C2H6/c1-3-13-23-21(9-1)11-5-15-25(23)27-17-7-20-30-28(18-8-19-29(27)30)26-16-6-12-22-10-2-4-14-24(22)26;1-3-9-23-19-25(17-15-21(23)7-1)27-11-5-14-30-28(12-6-13-29(27)30)26-18-16-22-8-2-4-10-24(22)20-26;1-3-8-17(9-4-1)19-14-15-22-20(16-19)12-7-13-21(22)18-10-5-2-6-11-18;3*1-3-2;9*1-2/h2*1-20H;1-16H;3*3H2,1-2H3;9*1-2H3. The highest BCUT2D eigenvalue weighted by Gasteiger charge is 2.14. The molecule has 0 heteroatoms. The second kappa shape index (κ2) is 56.6. The maximum atomic E-state index is 2.30. The van der Waals surface area contributed by atoms with Gasteiger partial charge in [-0.2, -0.15) is 0 Å². The molecule has 16 rings (SSSR count). The molecule has 570 valence electrons. The maximum Gasteiger partial charge on any atom is -0.00990 e. The summed E-state index contributed by atoms with van der Waals surface area (Å²) in [5.41, 5.74) is 15.3. The summed E-state index contributed by atoms with van der Waals surface area (Å²) < 4.78 is 0. The van der Waals surface area contributed by atoms with Gasteiger partial charge in [0.25, 0.3) is 0 Å². The van der Waals surface area contributed by atoms with Gasteiger partial charge in [0.2, 0.25) is 0 Å². The van der Waals surface area contributed by atoms with Gasteiger partial charge in [0.15, 0.2) is 0 Å². The zero-order chi connectivity index (χ0) is 80.7. The van der Waals surface area contributed by atoms with Crippen molar-refractivity contribution in [2.75, 3.05) is 0 Å². The molecule has 0 heterocycles. The van der Waals surface area contributed by atoms with Crippen LogP contribution in [-0.2, 0) is 0 Å². The third-order valence-corrected chi connectivity index (χ3v) is 16.2. The normalized spacial score (nSPS) is 9.39. The lowest BCUT2D eigenvalue weighted by atomic mass is 9.89. The number of rotatable bonds is 6. The zero-order valence-electron chi connectivity index (χ0n) is 71.5. The first-order valence-corrected chi connectivity index (χ1v) is 41.5. The molecule has 0 bridgehead atoms. The van der Waals surface area contributed by atoms with E-state index in [1.165, 1.54) is 161 Å². The third-order valence-electron chi connectivity index (χ3n) is 16.2. The highest BCUT2D eigenvalue weighted by Crippen LogP contribution is 2.41. The van der Waals surface area contributed by atoms with E-state index in [2.05, 4.69) is 381 Å². The molecule has 0 unspecified atom stereocenters. The monoisotopic (exact) mass is 1440 g/mol. The van der Waals surface area contributed by atoms with Gasteiger partial charge in [-0.25, -0.2) is 0 Å². The van der Waals surface area contributed by atoms with E-state index in [-0.39, 0.29) is 0 Å². The largest absolute Gasteiger partial charge is 0.0683 e. The van der Waals surface area contributed by atoms with Crippen molar-refractivity contribution < 1.29 is 0 Å². The molecule has 109 heavy (non-hydrogen) atoms. The lowest BCUT2D eigenvalue weighted by Crippen LogP contribution is -1.87. The minimum Gasteiger partial charge on any atom is -0.0683 e. The third kappa shape index (κ3) is 26.6. The average Bonchev–Trinajstić information content (AvgIpc) is 0.766. The molecular formula is C109H134. The first-order chi connectivity index (χ1) is 53.9. The van der Waals surface area contributed by atoms with Gasteiger partial charge in [-0.05, 0) is 160 Å². The van der Waals surface area contributed by atoms with Crippen LogP contribution in [0.3, 0.4) is 0 Å². The molecule has 0 aliphatic rings. The van der Waals surface area contributed by atoms with Crippen molar-refractivity contribution in [2.45, 2.75) is 185 Å². The Labute approximate surface area is 663 Å². The number of hydrogen-bond acceptors (Lipinski definition) is 0. The Morgan fingerprint density at radius 2 is 0.339 bits per heavy atom. The second-order valence-electron chi connectivity index (χ2n) is 23.2. The molecule has 0 saturated heterocycles. The Bertz CT molecular complexity index is 4780. The summed E-state index contributed by atoms with van der Waals surface area (Å²) in [5, 5.41) is 18.0. The van der Waals surface area contributed by atoms with Crippen LogP contribution in [-0.4, -0.2) is 0 Å². The molecule has 0 nitrogen and oxygen atoms in total. The molecule has 0 atom stereocenters. The topological polar surface area (TPSA) is 0 Å². The fourth-order valence-electron chi connectivity index (χ4n) is 12.2. The van der Waals surface area contributed by atoms with Crippen LogP contribution in [0, 0.1) is 0 Å². The summed E-state index contributed by atoms with van der Waals surface area (Å²) in [6.07, 6.45) is 3.75. The quantitative estimate of drug-likeness (QED) is 0.156. The van der Waals surface area contributed by atoms with Crippen molar-refractivity contribution in [3.63, 3.8) is 0 Å². The summed E-state index contributed by atoms with van der Waals surface area (Å²) >= 11 is 0. The lowest BCUT2D eigenvalue weighted by molar-refractivity contribution is 1.09. The van der Waals surface area contributed by atoms with Crippen molar-refractivity contribution >= 4 is 75.4 Å². The summed E-state index contributed by atoms with van der Waals surface area (Å²) in [6, 6.07) is 122. The lowest BCUT2D eigenvalue weighted by Gasteiger charge is -2.14. The molecule has 0 spiro atoms. The van der Waals surface area contributed by atoms with Crippen molar-refractivity contribution in [1.82, 2.24) is 0 Å². The van der Waals surface area contributed by atoms with Crippen LogP contribution >= 0.6 is 0 Å². The molecule has 0 N–H and O–H groups in total. The van der Waals surface area contributed by atoms with E-state index in [9.17, 15) is 0 Å². The van der Waals surface area contributed by atoms with Gasteiger partial charge in [-0.3, -0.25) is 0 Å². The van der Waals surface area contributed by atoms with E-state index >= 15 is 0 Å². The molecule has 0 amide bonds. The highest BCUT2D eigenvalue weighted by atomic mass is 14.2. The summed E-state index contributed by atoms with van der Waals surface area (Å²) in [4.78, 5) is 0. The van der Waals surface area contributed by atoms with E-state index < -0.39 is 0 Å². The Balaban J connectivity index is 0.000000482. The maximum absolute atomic E-state index is 2.30. The van der Waals surface area contributed by atoms with Crippen LogP contribution in [0.2, 0.25) is 0 Å². The first-order valence-electron chi connectivity index (χ1n) is 41.5. The fourth-order valence-corrected chi connectivity index (χ4v) is 12.2. The van der Waals surface area contributed by atoms with E-state index in [1.54, 1.807) is 0 Å². The molecule has 0 saturated carbocycles. The summed E-state index contributed by atoms with van der Waals surface area (Å²) in [7, 11) is 0. The highest BCUT2D eigenvalue weighted by molar-refractivity contribution is 6.12. The van der Waals surface area contributed by atoms with Crippen LogP contribution in [0.15, 0.2) is 340 Å². The Kier molecular flexibility index (Phi) is 49.0. The molecule has 0 radical (unpaired) electrons. The van der Waals surface area contributed by atoms with Crippen LogP contribution in [0.1, 0.15) is 185 Å². The second-order valence-corrected chi connectivity index (χ2v) is 23.2. The number of benzene rings is 16. The predicted molar refractivity (Wildman–Crippen MR) is 505 cm³/mol. The van der Waals surface area contributed by atoms with Crippen LogP contribution < -0.4 is 0 Å². The van der Waals surface area contributed by atoms with E-state index in [1.807, 2.05) is 125 Å². The molecule has 0 fully saturated rings. The molecule has 0 aliphatic heterocycles. The van der Waals surface area contributed by atoms with Gasteiger partial charge in [-0.1, -0.05) is 507 Å². The van der Waals surface area contributed by atoms with Gasteiger partial charge >= 0.3 is 0 Å². The Hall–Kier alpha value is -10.7. The zero-order valence-corrected chi connectivity index (χ0v) is 71.5. The Morgan fingerprint density at radius 3 is 0.697 bits per heavy atom. The van der Waals surface area contributed by atoms with Crippen molar-refractivity contribution in [3.05, 3.63) is 340 Å². The van der Waals surface area contributed by atoms with Gasteiger partial charge in [0, 0.05) is 0 Å². The van der Waals surface area contributed by atoms with Crippen molar-refractivity contribution in [3.8, 4) is 66.8 Å². The smallest absolute Gasteiger partial charge is 0.00990 e. The van der Waals surface area contributed by atoms with Crippen LogP contribution in [0.5, 0.6) is 0 Å². The fraction of sp³-hybridized carbons (Fsp3) is 0.248. The summed E-state index contributed by atoms with van der Waals surface area (Å²) in [6.45, 7) is 48.8. The van der Waals surface area contributed by atoms with Gasteiger partial charge in [-0.15, -0.1) is 0 Å². The molecular weight excluding hydrogens is 1310 g/mol. The van der Waals surface area contributed by atoms with Gasteiger partial charge < -0.3 is 0 Å². The van der Waals surface area contributed by atoms with Crippen LogP contribution in [0.25, 0.3) is 142 Å². The predicted octanol–water partition coefficient (Wildman–Crippen LogP) is 36.6. The molecule has 16 aromatic carbocycles. The number of hydrogen-bond donors (Lipinski definition) is 0.